The molecule has 2 aliphatic rings. The fourth-order valence-electron chi connectivity index (χ4n) is 3.81. The number of nitrogens with two attached hydrogens (primary N) is 1. The first-order valence-corrected chi connectivity index (χ1v) is 6.02. The van der Waals surface area contributed by atoms with Gasteiger partial charge in [0.15, 0.2) is 0 Å². The van der Waals surface area contributed by atoms with Crippen LogP contribution in [0, 0.1) is 16.7 Å². The third-order valence-corrected chi connectivity index (χ3v) is 4.20. The lowest BCUT2D eigenvalue weighted by molar-refractivity contribution is 0.0513. The zero-order valence-electron chi connectivity index (χ0n) is 10.2. The van der Waals surface area contributed by atoms with E-state index in [1.54, 1.807) is 0 Å². The van der Waals surface area contributed by atoms with E-state index >= 15 is 0 Å². The molecule has 2 rings (SSSR count). The monoisotopic (exact) mass is 195 g/mol. The molecular formula is C13H25N. The predicted octanol–water partition coefficient (Wildman–Crippen LogP) is 3.33. The third kappa shape index (κ3) is 1.98. The third-order valence-electron chi connectivity index (χ3n) is 4.20. The average Bonchev–Trinajstić information content (AvgIpc) is 2.62. The van der Waals surface area contributed by atoms with Gasteiger partial charge in [0.05, 0.1) is 0 Å². The van der Waals surface area contributed by atoms with Gasteiger partial charge in [0, 0.05) is 5.54 Å². The molecule has 0 bridgehead atoms. The van der Waals surface area contributed by atoms with Crippen molar-refractivity contribution in [3.05, 3.63) is 0 Å². The van der Waals surface area contributed by atoms with Gasteiger partial charge >= 0.3 is 0 Å². The molecule has 0 spiro atoms. The van der Waals surface area contributed by atoms with E-state index in [4.69, 9.17) is 5.73 Å². The van der Waals surface area contributed by atoms with E-state index in [1.807, 2.05) is 0 Å². The van der Waals surface area contributed by atoms with E-state index in [0.29, 0.717) is 10.8 Å². The lowest BCUT2D eigenvalue weighted by Gasteiger charge is -2.47. The van der Waals surface area contributed by atoms with Crippen LogP contribution in [0.1, 0.15) is 59.8 Å². The molecule has 1 heteroatoms. The first-order valence-electron chi connectivity index (χ1n) is 6.02. The van der Waals surface area contributed by atoms with Gasteiger partial charge in [0.25, 0.3) is 0 Å². The van der Waals surface area contributed by atoms with Gasteiger partial charge in [-0.05, 0) is 48.9 Å². The van der Waals surface area contributed by atoms with Gasteiger partial charge < -0.3 is 5.73 Å². The van der Waals surface area contributed by atoms with Crippen LogP contribution < -0.4 is 5.73 Å². The summed E-state index contributed by atoms with van der Waals surface area (Å²) in [6, 6.07) is 0. The van der Waals surface area contributed by atoms with Crippen molar-refractivity contribution in [1.82, 2.24) is 0 Å². The Morgan fingerprint density at radius 1 is 0.929 bits per heavy atom. The maximum absolute atomic E-state index is 6.36. The molecule has 0 saturated heterocycles. The molecular weight excluding hydrogens is 170 g/mol. The highest BCUT2D eigenvalue weighted by Gasteiger charge is 2.51. The van der Waals surface area contributed by atoms with Crippen LogP contribution in [-0.4, -0.2) is 5.54 Å². The van der Waals surface area contributed by atoms with E-state index in [9.17, 15) is 0 Å². The number of hydrogen-bond acceptors (Lipinski definition) is 1. The Kier molecular flexibility index (Phi) is 2.06. The second-order valence-corrected chi connectivity index (χ2v) is 7.34. The van der Waals surface area contributed by atoms with Crippen LogP contribution in [0.4, 0.5) is 0 Å². The summed E-state index contributed by atoms with van der Waals surface area (Å²) < 4.78 is 0. The van der Waals surface area contributed by atoms with Crippen LogP contribution >= 0.6 is 0 Å². The highest BCUT2D eigenvalue weighted by molar-refractivity contribution is 5.08. The van der Waals surface area contributed by atoms with Gasteiger partial charge in [-0.15, -0.1) is 0 Å². The Balaban J connectivity index is 2.13. The zero-order valence-corrected chi connectivity index (χ0v) is 10.2. The largest absolute Gasteiger partial charge is 0.325 e. The molecule has 0 amide bonds. The molecule has 1 nitrogen and oxygen atoms in total. The Hall–Kier alpha value is -0.0400. The minimum absolute atomic E-state index is 0.231. The molecule has 0 aromatic carbocycles. The molecule has 0 unspecified atom stereocenters. The molecule has 0 aromatic rings. The quantitative estimate of drug-likeness (QED) is 0.682. The Labute approximate surface area is 88.4 Å². The van der Waals surface area contributed by atoms with Crippen molar-refractivity contribution in [2.75, 3.05) is 0 Å². The first kappa shape index (κ1) is 10.5. The van der Waals surface area contributed by atoms with Crippen molar-refractivity contribution >= 4 is 0 Å². The molecule has 2 fully saturated rings. The lowest BCUT2D eigenvalue weighted by atomic mass is 9.59. The standard InChI is InChI=1S/C13H25N/c1-11(2)7-10(13(14)5-6-13)8-12(3,4)9-11/h10H,5-9,14H2,1-4H3. The van der Waals surface area contributed by atoms with Crippen molar-refractivity contribution in [2.45, 2.75) is 65.3 Å². The van der Waals surface area contributed by atoms with Crippen LogP contribution in [0.3, 0.4) is 0 Å². The van der Waals surface area contributed by atoms with E-state index < -0.39 is 0 Å². The van der Waals surface area contributed by atoms with E-state index in [-0.39, 0.29) is 5.54 Å². The van der Waals surface area contributed by atoms with Gasteiger partial charge in [-0.3, -0.25) is 0 Å². The highest BCUT2D eigenvalue weighted by Crippen LogP contribution is 2.55. The second-order valence-electron chi connectivity index (χ2n) is 7.34. The fraction of sp³-hybridized carbons (Fsp3) is 1.00. The molecule has 2 saturated carbocycles. The number of hydrogen-bond donors (Lipinski definition) is 1. The lowest BCUT2D eigenvalue weighted by Crippen LogP contribution is -2.43. The summed E-state index contributed by atoms with van der Waals surface area (Å²) >= 11 is 0. The Morgan fingerprint density at radius 2 is 1.36 bits per heavy atom. The topological polar surface area (TPSA) is 26.0 Å². The molecule has 82 valence electrons. The fourth-order valence-corrected chi connectivity index (χ4v) is 3.81. The molecule has 14 heavy (non-hydrogen) atoms. The highest BCUT2D eigenvalue weighted by atomic mass is 14.8. The SMILES string of the molecule is CC1(C)CC(C2(N)CC2)CC(C)(C)C1. The maximum atomic E-state index is 6.36. The average molecular weight is 195 g/mol. The van der Waals surface area contributed by atoms with E-state index in [1.165, 1.54) is 32.1 Å². The van der Waals surface area contributed by atoms with Crippen molar-refractivity contribution in [3.8, 4) is 0 Å². The second kappa shape index (κ2) is 2.75. The Morgan fingerprint density at radius 3 is 1.71 bits per heavy atom. The summed E-state index contributed by atoms with van der Waals surface area (Å²) in [7, 11) is 0. The summed E-state index contributed by atoms with van der Waals surface area (Å²) in [6.45, 7) is 9.64. The van der Waals surface area contributed by atoms with Crippen LogP contribution in [-0.2, 0) is 0 Å². The van der Waals surface area contributed by atoms with Gasteiger partial charge in [0.1, 0.15) is 0 Å². The van der Waals surface area contributed by atoms with Crippen molar-refractivity contribution in [3.63, 3.8) is 0 Å². The number of rotatable bonds is 1. The normalized spacial score (nSPS) is 34.1. The summed E-state index contributed by atoms with van der Waals surface area (Å²) in [6.07, 6.45) is 6.57. The van der Waals surface area contributed by atoms with Gasteiger partial charge in [0.2, 0.25) is 0 Å². The maximum Gasteiger partial charge on any atom is 0.0184 e. The zero-order chi connectivity index (χ0) is 10.6. The van der Waals surface area contributed by atoms with Crippen LogP contribution in [0.15, 0.2) is 0 Å². The summed E-state index contributed by atoms with van der Waals surface area (Å²) in [4.78, 5) is 0. The molecule has 0 heterocycles. The Bertz CT molecular complexity index is 220. The minimum atomic E-state index is 0.231. The molecule has 0 aliphatic heterocycles. The van der Waals surface area contributed by atoms with Crippen molar-refractivity contribution in [1.29, 1.82) is 0 Å². The molecule has 0 radical (unpaired) electrons. The van der Waals surface area contributed by atoms with E-state index in [0.717, 1.165) is 5.92 Å². The molecule has 0 aromatic heterocycles. The summed E-state index contributed by atoms with van der Waals surface area (Å²) in [5, 5.41) is 0. The summed E-state index contributed by atoms with van der Waals surface area (Å²) in [5.74, 6) is 0.779. The van der Waals surface area contributed by atoms with E-state index in [2.05, 4.69) is 27.7 Å². The van der Waals surface area contributed by atoms with Crippen molar-refractivity contribution in [2.24, 2.45) is 22.5 Å². The van der Waals surface area contributed by atoms with Crippen LogP contribution in [0.5, 0.6) is 0 Å². The summed E-state index contributed by atoms with van der Waals surface area (Å²) in [5.41, 5.74) is 7.60. The van der Waals surface area contributed by atoms with Gasteiger partial charge in [-0.1, -0.05) is 27.7 Å². The molecule has 2 aliphatic carbocycles. The van der Waals surface area contributed by atoms with Crippen molar-refractivity contribution < 1.29 is 0 Å². The van der Waals surface area contributed by atoms with Crippen LogP contribution in [0.2, 0.25) is 0 Å². The minimum Gasteiger partial charge on any atom is -0.325 e. The first-order chi connectivity index (χ1) is 6.23. The molecule has 0 atom stereocenters. The smallest absolute Gasteiger partial charge is 0.0184 e. The molecule has 2 N–H and O–H groups in total. The van der Waals surface area contributed by atoms with Gasteiger partial charge in [-0.2, -0.15) is 0 Å². The van der Waals surface area contributed by atoms with Crippen LogP contribution in [0.25, 0.3) is 0 Å². The predicted molar refractivity (Wildman–Crippen MR) is 61.1 cm³/mol. The van der Waals surface area contributed by atoms with Gasteiger partial charge in [-0.25, -0.2) is 0 Å².